The molecule has 1 saturated heterocycles. The van der Waals surface area contributed by atoms with E-state index >= 15 is 0 Å². The minimum Gasteiger partial charge on any atom is -0.361 e. The van der Waals surface area contributed by atoms with Gasteiger partial charge in [-0.25, -0.2) is 0 Å². The molecule has 3 heteroatoms. The lowest BCUT2D eigenvalue weighted by Gasteiger charge is -2.31. The normalized spacial score (nSPS) is 20.1. The lowest BCUT2D eigenvalue weighted by Crippen LogP contribution is -2.35. The van der Waals surface area contributed by atoms with Gasteiger partial charge in [-0.2, -0.15) is 0 Å². The predicted octanol–water partition coefficient (Wildman–Crippen LogP) is 5.10. The first-order valence-electron chi connectivity index (χ1n) is 11.7. The number of aryl methyl sites for hydroxylation is 3. The highest BCUT2D eigenvalue weighted by Crippen LogP contribution is 2.26. The number of nitrogens with zero attached hydrogens (tertiary/aromatic N) is 2. The van der Waals surface area contributed by atoms with Crippen LogP contribution in [0.2, 0.25) is 0 Å². The summed E-state index contributed by atoms with van der Waals surface area (Å²) in [6.45, 7) is 11.9. The first kappa shape index (κ1) is 19.8. The van der Waals surface area contributed by atoms with Crippen LogP contribution in [0.25, 0.3) is 10.9 Å². The molecule has 30 heavy (non-hydrogen) atoms. The number of rotatable bonds is 6. The Morgan fingerprint density at radius 1 is 1.00 bits per heavy atom. The van der Waals surface area contributed by atoms with E-state index in [1.165, 1.54) is 86.0 Å². The molecule has 0 spiro atoms. The van der Waals surface area contributed by atoms with Gasteiger partial charge in [-0.15, -0.1) is 0 Å². The molecule has 1 atom stereocenters. The molecule has 0 radical (unpaired) electrons. The van der Waals surface area contributed by atoms with Crippen LogP contribution in [-0.2, 0) is 19.4 Å². The minimum atomic E-state index is 0.839. The molecular weight excluding hydrogens is 366 g/mol. The maximum absolute atomic E-state index is 3.41. The van der Waals surface area contributed by atoms with E-state index in [9.17, 15) is 0 Å². The number of aromatic amines is 1. The molecule has 0 saturated carbocycles. The van der Waals surface area contributed by atoms with Crippen molar-refractivity contribution >= 4 is 10.9 Å². The average molecular weight is 402 g/mol. The monoisotopic (exact) mass is 401 g/mol. The van der Waals surface area contributed by atoms with Gasteiger partial charge >= 0.3 is 0 Å². The molecule has 1 unspecified atom stereocenters. The smallest absolute Gasteiger partial charge is 0.0456 e. The number of aromatic nitrogens is 1. The van der Waals surface area contributed by atoms with E-state index in [1.807, 2.05) is 0 Å². The number of nitrogens with one attached hydrogen (secondary N) is 1. The SMILES string of the molecule is Cc1cc2c(cc1C)CN(CC1CCN(CCCc3c[nH]c4ccccc34)C1)CC2. The molecule has 158 valence electrons. The van der Waals surface area contributed by atoms with Crippen LogP contribution < -0.4 is 0 Å². The van der Waals surface area contributed by atoms with Gasteiger partial charge in [-0.1, -0.05) is 30.3 Å². The van der Waals surface area contributed by atoms with Crippen molar-refractivity contribution in [1.82, 2.24) is 14.8 Å². The summed E-state index contributed by atoms with van der Waals surface area (Å²) in [7, 11) is 0. The largest absolute Gasteiger partial charge is 0.361 e. The van der Waals surface area contributed by atoms with Crippen molar-refractivity contribution in [2.24, 2.45) is 5.92 Å². The standard InChI is InChI=1S/C27H35N3/c1-20-14-23-10-13-30(19-25(23)15-21(20)2)18-22-9-12-29(17-22)11-5-6-24-16-28-27-8-4-3-7-26(24)27/h3-4,7-8,14-16,22,28H,5-6,9-13,17-19H2,1-2H3. The Morgan fingerprint density at radius 3 is 2.73 bits per heavy atom. The second-order valence-electron chi connectivity index (χ2n) is 9.61. The van der Waals surface area contributed by atoms with Gasteiger partial charge in [-0.3, -0.25) is 4.90 Å². The van der Waals surface area contributed by atoms with Gasteiger partial charge in [0.25, 0.3) is 0 Å². The Hall–Kier alpha value is -2.10. The Kier molecular flexibility index (Phi) is 5.66. The van der Waals surface area contributed by atoms with Crippen molar-refractivity contribution in [2.45, 2.75) is 46.1 Å². The third kappa shape index (κ3) is 4.19. The summed E-state index contributed by atoms with van der Waals surface area (Å²) in [6, 6.07) is 13.5. The van der Waals surface area contributed by atoms with Crippen LogP contribution in [0, 0.1) is 19.8 Å². The molecule has 2 aliphatic heterocycles. The average Bonchev–Trinajstić information content (AvgIpc) is 3.36. The number of fused-ring (bicyclic) bond motifs is 2. The molecule has 2 aromatic carbocycles. The van der Waals surface area contributed by atoms with E-state index in [2.05, 4.69) is 71.2 Å². The highest BCUT2D eigenvalue weighted by atomic mass is 15.2. The Morgan fingerprint density at radius 2 is 1.83 bits per heavy atom. The fraction of sp³-hybridized carbons (Fsp3) is 0.481. The second kappa shape index (κ2) is 8.56. The first-order chi connectivity index (χ1) is 14.7. The molecule has 3 heterocycles. The van der Waals surface area contributed by atoms with E-state index < -0.39 is 0 Å². The van der Waals surface area contributed by atoms with Crippen LogP contribution in [0.1, 0.15) is 40.7 Å². The summed E-state index contributed by atoms with van der Waals surface area (Å²) in [6.07, 6.45) is 7.22. The fourth-order valence-corrected chi connectivity index (χ4v) is 5.53. The third-order valence-electron chi connectivity index (χ3n) is 7.39. The summed E-state index contributed by atoms with van der Waals surface area (Å²) < 4.78 is 0. The van der Waals surface area contributed by atoms with Crippen molar-refractivity contribution < 1.29 is 0 Å². The molecular formula is C27H35N3. The number of benzene rings is 2. The van der Waals surface area contributed by atoms with Gasteiger partial charge in [0.2, 0.25) is 0 Å². The van der Waals surface area contributed by atoms with Crippen molar-refractivity contribution in [3.05, 3.63) is 70.4 Å². The molecule has 2 aliphatic rings. The summed E-state index contributed by atoms with van der Waals surface area (Å²) >= 11 is 0. The number of H-pyrrole nitrogens is 1. The van der Waals surface area contributed by atoms with E-state index in [1.54, 1.807) is 11.1 Å². The zero-order valence-electron chi connectivity index (χ0n) is 18.6. The van der Waals surface area contributed by atoms with Gasteiger partial charge in [-0.05, 0) is 92.4 Å². The van der Waals surface area contributed by atoms with E-state index in [4.69, 9.17) is 0 Å². The highest BCUT2D eigenvalue weighted by Gasteiger charge is 2.26. The molecule has 0 aliphatic carbocycles. The molecule has 3 nitrogen and oxygen atoms in total. The van der Waals surface area contributed by atoms with E-state index in [-0.39, 0.29) is 0 Å². The Balaban J connectivity index is 1.09. The third-order valence-corrected chi connectivity index (χ3v) is 7.39. The molecule has 1 N–H and O–H groups in total. The number of hydrogen-bond donors (Lipinski definition) is 1. The van der Waals surface area contributed by atoms with Crippen LogP contribution in [0.5, 0.6) is 0 Å². The van der Waals surface area contributed by atoms with Crippen molar-refractivity contribution in [3.8, 4) is 0 Å². The minimum absolute atomic E-state index is 0.839. The fourth-order valence-electron chi connectivity index (χ4n) is 5.53. The van der Waals surface area contributed by atoms with Gasteiger partial charge in [0, 0.05) is 43.3 Å². The van der Waals surface area contributed by atoms with Crippen LogP contribution in [0.3, 0.4) is 0 Å². The lowest BCUT2D eigenvalue weighted by atomic mass is 9.94. The predicted molar refractivity (Wildman–Crippen MR) is 126 cm³/mol. The van der Waals surface area contributed by atoms with Crippen LogP contribution in [-0.4, -0.2) is 47.5 Å². The molecule has 0 bridgehead atoms. The quantitative estimate of drug-likeness (QED) is 0.621. The zero-order chi connectivity index (χ0) is 20.5. The summed E-state index contributed by atoms with van der Waals surface area (Å²) in [5.74, 6) is 0.839. The Bertz CT molecular complexity index is 1020. The maximum atomic E-state index is 3.41. The van der Waals surface area contributed by atoms with Crippen molar-refractivity contribution in [1.29, 1.82) is 0 Å². The Labute approximate surface area is 181 Å². The summed E-state index contributed by atoms with van der Waals surface area (Å²) in [4.78, 5) is 8.82. The first-order valence-corrected chi connectivity index (χ1v) is 11.7. The highest BCUT2D eigenvalue weighted by molar-refractivity contribution is 5.82. The molecule has 3 aromatic rings. The summed E-state index contributed by atoms with van der Waals surface area (Å²) in [5.41, 5.74) is 8.78. The topological polar surface area (TPSA) is 22.3 Å². The second-order valence-corrected chi connectivity index (χ2v) is 9.61. The van der Waals surface area contributed by atoms with Crippen molar-refractivity contribution in [2.75, 3.05) is 32.7 Å². The number of likely N-dealkylation sites (tertiary alicyclic amines) is 1. The molecule has 1 aromatic heterocycles. The molecule has 1 fully saturated rings. The number of para-hydroxylation sites is 1. The summed E-state index contributed by atoms with van der Waals surface area (Å²) in [5, 5.41) is 1.40. The van der Waals surface area contributed by atoms with Crippen LogP contribution in [0.15, 0.2) is 42.6 Å². The maximum Gasteiger partial charge on any atom is 0.0456 e. The molecule has 0 amide bonds. The van der Waals surface area contributed by atoms with Gasteiger partial charge in [0.15, 0.2) is 0 Å². The van der Waals surface area contributed by atoms with Crippen LogP contribution in [0.4, 0.5) is 0 Å². The van der Waals surface area contributed by atoms with Crippen molar-refractivity contribution in [3.63, 3.8) is 0 Å². The van der Waals surface area contributed by atoms with Gasteiger partial charge in [0.05, 0.1) is 0 Å². The number of hydrogen-bond acceptors (Lipinski definition) is 2. The van der Waals surface area contributed by atoms with E-state index in [0.717, 1.165) is 12.5 Å². The molecule has 5 rings (SSSR count). The lowest BCUT2D eigenvalue weighted by molar-refractivity contribution is 0.210. The van der Waals surface area contributed by atoms with Gasteiger partial charge in [0.1, 0.15) is 0 Å². The van der Waals surface area contributed by atoms with Crippen LogP contribution >= 0.6 is 0 Å². The van der Waals surface area contributed by atoms with Gasteiger partial charge < -0.3 is 9.88 Å². The zero-order valence-corrected chi connectivity index (χ0v) is 18.6. The van der Waals surface area contributed by atoms with E-state index in [0.29, 0.717) is 0 Å².